The fourth-order valence-corrected chi connectivity index (χ4v) is 2.70. The maximum absolute atomic E-state index is 12.9. The lowest BCUT2D eigenvalue weighted by Crippen LogP contribution is -2.59. The second kappa shape index (κ2) is 14.0. The highest BCUT2D eigenvalue weighted by molar-refractivity contribution is 5.95. The molecule has 5 unspecified atom stereocenters. The quantitative estimate of drug-likeness (QED) is 0.151. The van der Waals surface area contributed by atoms with Gasteiger partial charge in [0.1, 0.15) is 18.1 Å². The Kier molecular flexibility index (Phi) is 12.7. The molecule has 3 amide bonds. The van der Waals surface area contributed by atoms with Crippen molar-refractivity contribution < 1.29 is 44.1 Å². The Balaban J connectivity index is 5.59. The third-order valence-corrected chi connectivity index (χ3v) is 5.09. The standard InChI is InChI=1S/C20H34N4O9/c1-5-10(4)16(24-18(30)15(21)9(2)3)19(31)23-12(8-14(27)28)17(29)22-11(20(32)33)6-7-13(25)26/h9-12,15-16H,5-8,21H2,1-4H3,(H,22,29)(H,23,31)(H,24,30)(H,25,26)(H,27,28)(H,32,33). The molecule has 0 saturated heterocycles. The van der Waals surface area contributed by atoms with E-state index in [2.05, 4.69) is 16.0 Å². The smallest absolute Gasteiger partial charge is 0.326 e. The van der Waals surface area contributed by atoms with Gasteiger partial charge in [-0.25, -0.2) is 4.79 Å². The number of rotatable bonds is 15. The number of hydrogen-bond acceptors (Lipinski definition) is 7. The van der Waals surface area contributed by atoms with E-state index >= 15 is 0 Å². The van der Waals surface area contributed by atoms with Crippen LogP contribution in [0.2, 0.25) is 0 Å². The molecule has 188 valence electrons. The molecule has 0 rings (SSSR count). The molecule has 0 aromatic carbocycles. The molecule has 13 nitrogen and oxygen atoms in total. The molecule has 0 radical (unpaired) electrons. The Morgan fingerprint density at radius 2 is 1.33 bits per heavy atom. The summed E-state index contributed by atoms with van der Waals surface area (Å²) in [6, 6.07) is -5.29. The Hall–Kier alpha value is -3.22. The fraction of sp³-hybridized carbons (Fsp3) is 0.700. The van der Waals surface area contributed by atoms with E-state index in [9.17, 15) is 33.9 Å². The molecule has 8 N–H and O–H groups in total. The van der Waals surface area contributed by atoms with Crippen LogP contribution in [0, 0.1) is 11.8 Å². The summed E-state index contributed by atoms with van der Waals surface area (Å²) in [6.45, 7) is 6.88. The summed E-state index contributed by atoms with van der Waals surface area (Å²) in [5, 5.41) is 33.9. The maximum atomic E-state index is 12.9. The van der Waals surface area contributed by atoms with Crippen molar-refractivity contribution in [2.24, 2.45) is 17.6 Å². The molecule has 0 bridgehead atoms. The number of hydrogen-bond donors (Lipinski definition) is 7. The SMILES string of the molecule is CCC(C)C(NC(=O)C(N)C(C)C)C(=O)NC(CC(=O)O)C(=O)NC(CCC(=O)O)C(=O)O. The summed E-state index contributed by atoms with van der Waals surface area (Å²) in [7, 11) is 0. The Bertz CT molecular complexity index is 741. The van der Waals surface area contributed by atoms with Crippen molar-refractivity contribution in [1.29, 1.82) is 0 Å². The molecular weight excluding hydrogens is 440 g/mol. The summed E-state index contributed by atoms with van der Waals surface area (Å²) in [4.78, 5) is 71.0. The van der Waals surface area contributed by atoms with Crippen molar-refractivity contribution in [3.05, 3.63) is 0 Å². The molecule has 0 aliphatic rings. The van der Waals surface area contributed by atoms with Gasteiger partial charge in [0.25, 0.3) is 0 Å². The molecule has 0 heterocycles. The Labute approximate surface area is 191 Å². The number of amides is 3. The van der Waals surface area contributed by atoms with Crippen molar-refractivity contribution in [1.82, 2.24) is 16.0 Å². The largest absolute Gasteiger partial charge is 0.481 e. The molecule has 0 spiro atoms. The highest BCUT2D eigenvalue weighted by Gasteiger charge is 2.33. The average Bonchev–Trinajstić information content (AvgIpc) is 2.71. The van der Waals surface area contributed by atoms with E-state index in [-0.39, 0.29) is 5.92 Å². The molecular formula is C20H34N4O9. The van der Waals surface area contributed by atoms with Gasteiger partial charge in [0.2, 0.25) is 17.7 Å². The van der Waals surface area contributed by atoms with E-state index in [0.29, 0.717) is 6.42 Å². The maximum Gasteiger partial charge on any atom is 0.326 e. The van der Waals surface area contributed by atoms with Crippen molar-refractivity contribution in [3.63, 3.8) is 0 Å². The number of aliphatic carboxylic acids is 3. The monoisotopic (exact) mass is 474 g/mol. The molecule has 13 heteroatoms. The van der Waals surface area contributed by atoms with Gasteiger partial charge >= 0.3 is 17.9 Å². The first kappa shape index (κ1) is 29.8. The number of carboxylic acid groups (broad SMARTS) is 3. The highest BCUT2D eigenvalue weighted by atomic mass is 16.4. The zero-order chi connectivity index (χ0) is 25.9. The van der Waals surface area contributed by atoms with Crippen LogP contribution in [0.5, 0.6) is 0 Å². The molecule has 5 atom stereocenters. The molecule has 0 aliphatic carbocycles. The lowest BCUT2D eigenvalue weighted by Gasteiger charge is -2.28. The van der Waals surface area contributed by atoms with E-state index in [1.54, 1.807) is 27.7 Å². The molecule has 33 heavy (non-hydrogen) atoms. The van der Waals surface area contributed by atoms with Crippen LogP contribution in [-0.2, 0) is 28.8 Å². The van der Waals surface area contributed by atoms with E-state index in [4.69, 9.17) is 15.9 Å². The van der Waals surface area contributed by atoms with Crippen LogP contribution < -0.4 is 21.7 Å². The lowest BCUT2D eigenvalue weighted by atomic mass is 9.96. The van der Waals surface area contributed by atoms with Gasteiger partial charge in [-0.15, -0.1) is 0 Å². The van der Waals surface area contributed by atoms with Gasteiger partial charge < -0.3 is 37.0 Å². The fourth-order valence-electron chi connectivity index (χ4n) is 2.70. The third-order valence-electron chi connectivity index (χ3n) is 5.09. The summed E-state index contributed by atoms with van der Waals surface area (Å²) in [5.74, 6) is -7.40. The van der Waals surface area contributed by atoms with Crippen molar-refractivity contribution >= 4 is 35.6 Å². The first-order valence-electron chi connectivity index (χ1n) is 10.5. The first-order chi connectivity index (χ1) is 15.2. The van der Waals surface area contributed by atoms with Gasteiger partial charge in [0.05, 0.1) is 12.5 Å². The van der Waals surface area contributed by atoms with Gasteiger partial charge in [-0.1, -0.05) is 34.1 Å². The van der Waals surface area contributed by atoms with E-state index in [0.717, 1.165) is 0 Å². The predicted octanol–water partition coefficient (Wildman–Crippen LogP) is -1.11. The number of nitrogens with two attached hydrogens (primary N) is 1. The minimum atomic E-state index is -1.66. The summed E-state index contributed by atoms with van der Waals surface area (Å²) in [5.41, 5.74) is 5.82. The zero-order valence-electron chi connectivity index (χ0n) is 19.2. The molecule has 0 fully saturated rings. The van der Waals surface area contributed by atoms with Crippen molar-refractivity contribution in [2.75, 3.05) is 0 Å². The van der Waals surface area contributed by atoms with Crippen LogP contribution in [0.15, 0.2) is 0 Å². The van der Waals surface area contributed by atoms with Gasteiger partial charge in [0.15, 0.2) is 0 Å². The minimum Gasteiger partial charge on any atom is -0.481 e. The van der Waals surface area contributed by atoms with Crippen molar-refractivity contribution in [2.45, 2.75) is 77.5 Å². The number of carboxylic acids is 3. The predicted molar refractivity (Wildman–Crippen MR) is 115 cm³/mol. The van der Waals surface area contributed by atoms with E-state index in [1.807, 2.05) is 0 Å². The summed E-state index contributed by atoms with van der Waals surface area (Å²) >= 11 is 0. The minimum absolute atomic E-state index is 0.213. The third kappa shape index (κ3) is 10.8. The van der Waals surface area contributed by atoms with Gasteiger partial charge in [-0.05, 0) is 18.3 Å². The Morgan fingerprint density at radius 3 is 1.76 bits per heavy atom. The highest BCUT2D eigenvalue weighted by Crippen LogP contribution is 2.11. The van der Waals surface area contributed by atoms with Gasteiger partial charge in [-0.3, -0.25) is 24.0 Å². The second-order valence-electron chi connectivity index (χ2n) is 8.13. The lowest BCUT2D eigenvalue weighted by molar-refractivity contribution is -0.144. The number of carbonyl (C=O) groups is 6. The topological polar surface area (TPSA) is 225 Å². The Morgan fingerprint density at radius 1 is 0.788 bits per heavy atom. The van der Waals surface area contributed by atoms with Crippen LogP contribution in [-0.4, -0.2) is 75.1 Å². The molecule has 0 aromatic heterocycles. The first-order valence-corrected chi connectivity index (χ1v) is 10.5. The van der Waals surface area contributed by atoms with Crippen molar-refractivity contribution in [3.8, 4) is 0 Å². The normalized spacial score (nSPS) is 15.5. The molecule has 0 aliphatic heterocycles. The zero-order valence-corrected chi connectivity index (χ0v) is 19.2. The molecule has 0 saturated carbocycles. The van der Waals surface area contributed by atoms with Crippen LogP contribution in [0.25, 0.3) is 0 Å². The average molecular weight is 475 g/mol. The summed E-state index contributed by atoms with van der Waals surface area (Å²) in [6.07, 6.45) is -1.40. The van der Waals surface area contributed by atoms with Crippen LogP contribution in [0.1, 0.15) is 53.4 Å². The van der Waals surface area contributed by atoms with Crippen LogP contribution in [0.4, 0.5) is 0 Å². The summed E-state index contributed by atoms with van der Waals surface area (Å²) < 4.78 is 0. The van der Waals surface area contributed by atoms with Gasteiger partial charge in [0, 0.05) is 6.42 Å². The second-order valence-corrected chi connectivity index (χ2v) is 8.13. The van der Waals surface area contributed by atoms with Gasteiger partial charge in [-0.2, -0.15) is 0 Å². The number of nitrogens with one attached hydrogen (secondary N) is 3. The van der Waals surface area contributed by atoms with E-state index < -0.39 is 85.0 Å². The molecule has 0 aromatic rings. The van der Waals surface area contributed by atoms with Crippen LogP contribution in [0.3, 0.4) is 0 Å². The number of carbonyl (C=O) groups excluding carboxylic acids is 3. The van der Waals surface area contributed by atoms with E-state index in [1.165, 1.54) is 0 Å². The van der Waals surface area contributed by atoms with Crippen LogP contribution >= 0.6 is 0 Å².